The van der Waals surface area contributed by atoms with Crippen molar-refractivity contribution in [1.29, 1.82) is 0 Å². The number of hydrogen-bond donors (Lipinski definition) is 0. The molecule has 3 aromatic carbocycles. The lowest BCUT2D eigenvalue weighted by Gasteiger charge is -2.20. The molecule has 1 atom stereocenters. The number of aryl methyl sites for hydroxylation is 2. The van der Waals surface area contributed by atoms with Crippen molar-refractivity contribution in [1.82, 2.24) is 9.47 Å². The zero-order valence-electron chi connectivity index (χ0n) is 19.5. The van der Waals surface area contributed by atoms with Crippen LogP contribution in [0.2, 0.25) is 0 Å². The summed E-state index contributed by atoms with van der Waals surface area (Å²) in [7, 11) is 0. The molecule has 0 spiro atoms. The Morgan fingerprint density at radius 1 is 1.00 bits per heavy atom. The van der Waals surface area contributed by atoms with E-state index in [1.54, 1.807) is 0 Å². The second-order valence-electron chi connectivity index (χ2n) is 9.36. The van der Waals surface area contributed by atoms with Gasteiger partial charge in [-0.15, -0.1) is 0 Å². The Hall–Kier alpha value is -3.60. The summed E-state index contributed by atoms with van der Waals surface area (Å²) in [5, 5.41) is 2.62. The van der Waals surface area contributed by atoms with Crippen LogP contribution in [0, 0.1) is 6.92 Å². The third-order valence-corrected chi connectivity index (χ3v) is 7.18. The SMILES string of the molecule is Cc1cc2c(cc1OCCCCn1c3ccccc3c3ccccc31)N=C[C@@H]1CCCN1C2=O. The number of ether oxygens (including phenoxy) is 1. The van der Waals surface area contributed by atoms with E-state index < -0.39 is 0 Å². The highest BCUT2D eigenvalue weighted by Gasteiger charge is 2.32. The average molecular weight is 452 g/mol. The minimum Gasteiger partial charge on any atom is -0.493 e. The van der Waals surface area contributed by atoms with Crippen LogP contribution in [0.5, 0.6) is 5.75 Å². The number of aromatic nitrogens is 1. The van der Waals surface area contributed by atoms with Gasteiger partial charge in [-0.25, -0.2) is 0 Å². The number of rotatable bonds is 6. The Kier molecular flexibility index (Phi) is 5.33. The summed E-state index contributed by atoms with van der Waals surface area (Å²) in [5.74, 6) is 0.915. The Balaban J connectivity index is 1.13. The fourth-order valence-corrected chi connectivity index (χ4v) is 5.43. The van der Waals surface area contributed by atoms with Crippen molar-refractivity contribution in [2.45, 2.75) is 45.2 Å². The molecule has 2 aliphatic rings. The first kappa shape index (κ1) is 21.0. The van der Waals surface area contributed by atoms with Gasteiger partial charge in [-0.2, -0.15) is 0 Å². The maximum Gasteiger partial charge on any atom is 0.256 e. The van der Waals surface area contributed by atoms with Crippen molar-refractivity contribution in [3.8, 4) is 5.75 Å². The van der Waals surface area contributed by atoms with Crippen LogP contribution in [-0.4, -0.2) is 40.8 Å². The van der Waals surface area contributed by atoms with Gasteiger partial charge >= 0.3 is 0 Å². The average Bonchev–Trinajstić information content (AvgIpc) is 3.43. The molecule has 0 bridgehead atoms. The van der Waals surface area contributed by atoms with E-state index in [9.17, 15) is 4.79 Å². The summed E-state index contributed by atoms with van der Waals surface area (Å²) in [4.78, 5) is 19.6. The van der Waals surface area contributed by atoms with Crippen molar-refractivity contribution in [2.75, 3.05) is 13.2 Å². The molecule has 34 heavy (non-hydrogen) atoms. The van der Waals surface area contributed by atoms with E-state index in [-0.39, 0.29) is 11.9 Å². The molecule has 0 unspecified atom stereocenters. The number of carbonyl (C=O) groups is 1. The van der Waals surface area contributed by atoms with Gasteiger partial charge in [-0.3, -0.25) is 9.79 Å². The predicted molar refractivity (Wildman–Crippen MR) is 138 cm³/mol. The summed E-state index contributed by atoms with van der Waals surface area (Å²) < 4.78 is 8.58. The van der Waals surface area contributed by atoms with Crippen LogP contribution in [0.4, 0.5) is 5.69 Å². The number of unbranched alkanes of at least 4 members (excludes halogenated alkanes) is 1. The van der Waals surface area contributed by atoms with Gasteiger partial charge in [0.1, 0.15) is 5.75 Å². The third-order valence-electron chi connectivity index (χ3n) is 7.18. The number of benzene rings is 3. The van der Waals surface area contributed by atoms with Gasteiger partial charge in [0.15, 0.2) is 0 Å². The zero-order chi connectivity index (χ0) is 23.1. The quantitative estimate of drug-likeness (QED) is 0.324. The first-order valence-corrected chi connectivity index (χ1v) is 12.3. The molecule has 1 saturated heterocycles. The fraction of sp³-hybridized carbons (Fsp3) is 0.310. The lowest BCUT2D eigenvalue weighted by molar-refractivity contribution is 0.0774. The number of hydrogen-bond acceptors (Lipinski definition) is 3. The van der Waals surface area contributed by atoms with E-state index in [4.69, 9.17) is 4.74 Å². The van der Waals surface area contributed by atoms with Crippen molar-refractivity contribution in [2.24, 2.45) is 4.99 Å². The largest absolute Gasteiger partial charge is 0.493 e. The van der Waals surface area contributed by atoms with Crippen LogP contribution in [-0.2, 0) is 6.54 Å². The molecular formula is C29H29N3O2. The maximum atomic E-state index is 13.0. The van der Waals surface area contributed by atoms with Gasteiger partial charge in [-0.05, 0) is 56.4 Å². The maximum absolute atomic E-state index is 13.0. The molecule has 0 aliphatic carbocycles. The second-order valence-corrected chi connectivity index (χ2v) is 9.36. The van der Waals surface area contributed by atoms with E-state index in [0.29, 0.717) is 12.2 Å². The molecule has 4 aromatic rings. The molecule has 172 valence electrons. The van der Waals surface area contributed by atoms with Crippen LogP contribution in [0.25, 0.3) is 21.8 Å². The van der Waals surface area contributed by atoms with Crippen molar-refractivity contribution in [3.63, 3.8) is 0 Å². The number of aliphatic imine (C=N–C) groups is 1. The molecule has 1 amide bonds. The molecule has 5 nitrogen and oxygen atoms in total. The van der Waals surface area contributed by atoms with Gasteiger partial charge in [-0.1, -0.05) is 36.4 Å². The minimum absolute atomic E-state index is 0.0934. The normalized spacial score (nSPS) is 17.3. The van der Waals surface area contributed by atoms with E-state index in [1.807, 2.05) is 30.2 Å². The molecular weight excluding hydrogens is 422 g/mol. The Morgan fingerprint density at radius 2 is 1.74 bits per heavy atom. The monoisotopic (exact) mass is 451 g/mol. The van der Waals surface area contributed by atoms with Crippen molar-refractivity contribution >= 4 is 39.6 Å². The standard InChI is InChI=1S/C29H29N3O2/c1-20-17-24-25(30-19-21-9-8-15-31(21)29(24)33)18-28(20)34-16-7-6-14-32-26-12-4-2-10-22(26)23-11-3-5-13-27(23)32/h2-5,10-13,17-19,21H,6-9,14-16H2,1H3/t21-/m0/s1. The molecule has 1 aromatic heterocycles. The van der Waals surface area contributed by atoms with E-state index in [1.165, 1.54) is 21.8 Å². The van der Waals surface area contributed by atoms with Crippen LogP contribution in [0.1, 0.15) is 41.6 Å². The number of para-hydroxylation sites is 2. The molecule has 3 heterocycles. The minimum atomic E-state index is 0.0934. The fourth-order valence-electron chi connectivity index (χ4n) is 5.43. The number of nitrogens with zero attached hydrogens (tertiary/aromatic N) is 3. The zero-order valence-corrected chi connectivity index (χ0v) is 19.5. The summed E-state index contributed by atoms with van der Waals surface area (Å²) in [6.07, 6.45) is 5.96. The lowest BCUT2D eigenvalue weighted by atomic mass is 10.1. The van der Waals surface area contributed by atoms with Gasteiger partial charge < -0.3 is 14.2 Å². The smallest absolute Gasteiger partial charge is 0.256 e. The summed E-state index contributed by atoms with van der Waals surface area (Å²) in [6, 6.07) is 21.3. The van der Waals surface area contributed by atoms with Crippen LogP contribution in [0.15, 0.2) is 65.7 Å². The van der Waals surface area contributed by atoms with E-state index in [2.05, 4.69) is 58.1 Å². The highest BCUT2D eigenvalue weighted by atomic mass is 16.5. The Labute approximate surface area is 199 Å². The van der Waals surface area contributed by atoms with Gasteiger partial charge in [0, 0.05) is 47.2 Å². The Morgan fingerprint density at radius 3 is 2.50 bits per heavy atom. The van der Waals surface area contributed by atoms with Crippen molar-refractivity contribution in [3.05, 3.63) is 71.8 Å². The highest BCUT2D eigenvalue weighted by molar-refractivity contribution is 6.08. The highest BCUT2D eigenvalue weighted by Crippen LogP contribution is 2.34. The Bertz CT molecular complexity index is 1360. The van der Waals surface area contributed by atoms with Gasteiger partial charge in [0.2, 0.25) is 0 Å². The summed E-state index contributed by atoms with van der Waals surface area (Å²) in [6.45, 7) is 4.43. The molecule has 0 saturated carbocycles. The van der Waals surface area contributed by atoms with Crippen molar-refractivity contribution < 1.29 is 9.53 Å². The summed E-state index contributed by atoms with van der Waals surface area (Å²) in [5.41, 5.74) is 4.98. The third kappa shape index (κ3) is 3.56. The first-order chi connectivity index (χ1) is 16.7. The topological polar surface area (TPSA) is 46.8 Å². The van der Waals surface area contributed by atoms with Gasteiger partial charge in [0.25, 0.3) is 5.91 Å². The van der Waals surface area contributed by atoms with Crippen LogP contribution >= 0.6 is 0 Å². The number of amides is 1. The van der Waals surface area contributed by atoms with E-state index >= 15 is 0 Å². The van der Waals surface area contributed by atoms with E-state index in [0.717, 1.165) is 55.8 Å². The van der Waals surface area contributed by atoms with Crippen LogP contribution < -0.4 is 4.74 Å². The molecule has 0 N–H and O–H groups in total. The van der Waals surface area contributed by atoms with Crippen LogP contribution in [0.3, 0.4) is 0 Å². The molecule has 0 radical (unpaired) electrons. The lowest BCUT2D eigenvalue weighted by Crippen LogP contribution is -2.35. The first-order valence-electron chi connectivity index (χ1n) is 12.3. The second kappa shape index (κ2) is 8.64. The molecule has 5 heteroatoms. The molecule has 6 rings (SSSR count). The summed E-state index contributed by atoms with van der Waals surface area (Å²) >= 11 is 0. The number of fused-ring (bicyclic) bond motifs is 5. The van der Waals surface area contributed by atoms with Gasteiger partial charge in [0.05, 0.1) is 23.9 Å². The molecule has 2 aliphatic heterocycles. The predicted octanol–water partition coefficient (Wildman–Crippen LogP) is 6.28. The molecule has 1 fully saturated rings. The number of carbonyl (C=O) groups excluding carboxylic acids is 1.